The molecule has 0 spiro atoms. The molecule has 1 aliphatic rings. The minimum Gasteiger partial charge on any atom is -0.335 e. The van der Waals surface area contributed by atoms with Crippen LogP contribution >= 0.6 is 0 Å². The van der Waals surface area contributed by atoms with Crippen LogP contribution in [0.2, 0.25) is 0 Å². The number of rotatable bonds is 4. The van der Waals surface area contributed by atoms with E-state index in [0.29, 0.717) is 11.1 Å². The minimum absolute atomic E-state index is 0.102. The molecule has 1 fully saturated rings. The van der Waals surface area contributed by atoms with Crippen LogP contribution in [0.15, 0.2) is 29.1 Å². The summed E-state index contributed by atoms with van der Waals surface area (Å²) in [5.74, 6) is 2.43. The van der Waals surface area contributed by atoms with Crippen molar-refractivity contribution in [3.05, 3.63) is 40.3 Å². The van der Waals surface area contributed by atoms with Crippen molar-refractivity contribution in [1.29, 1.82) is 0 Å². The molecule has 0 bridgehead atoms. The van der Waals surface area contributed by atoms with Gasteiger partial charge in [-0.15, -0.1) is 6.42 Å². The highest BCUT2D eigenvalue weighted by Gasteiger charge is 2.17. The summed E-state index contributed by atoms with van der Waals surface area (Å²) < 4.78 is 1.26. The summed E-state index contributed by atoms with van der Waals surface area (Å²) in [7, 11) is 0. The molecule has 1 saturated carbocycles. The number of urea groups is 1. The fraction of sp³-hybridized carbons (Fsp3) is 0.389. The Bertz CT molecular complexity index is 844. The number of nitrogens with one attached hydrogen (secondary N) is 2. The number of benzene rings is 1. The van der Waals surface area contributed by atoms with Gasteiger partial charge in [0.15, 0.2) is 0 Å². The Morgan fingerprint density at radius 3 is 2.71 bits per heavy atom. The van der Waals surface area contributed by atoms with Crippen LogP contribution in [0.5, 0.6) is 0 Å². The molecule has 6 nitrogen and oxygen atoms in total. The highest BCUT2D eigenvalue weighted by Crippen LogP contribution is 2.17. The molecule has 6 heteroatoms. The summed E-state index contributed by atoms with van der Waals surface area (Å²) in [6, 6.07) is 7.27. The van der Waals surface area contributed by atoms with Gasteiger partial charge in [-0.2, -0.15) is 5.10 Å². The lowest BCUT2D eigenvalue weighted by molar-refractivity contribution is 0.236. The molecule has 1 aromatic carbocycles. The summed E-state index contributed by atoms with van der Waals surface area (Å²) in [6.07, 6.45) is 9.69. The van der Waals surface area contributed by atoms with E-state index in [-0.39, 0.29) is 30.7 Å². The van der Waals surface area contributed by atoms with Crippen LogP contribution in [0.25, 0.3) is 10.8 Å². The molecule has 3 rings (SSSR count). The van der Waals surface area contributed by atoms with Crippen LogP contribution < -0.4 is 16.2 Å². The third kappa shape index (κ3) is 3.40. The molecule has 0 atom stereocenters. The van der Waals surface area contributed by atoms with Gasteiger partial charge in [0.05, 0.1) is 17.6 Å². The van der Waals surface area contributed by atoms with Crippen LogP contribution in [-0.2, 0) is 13.1 Å². The van der Waals surface area contributed by atoms with E-state index >= 15 is 0 Å². The zero-order chi connectivity index (χ0) is 16.9. The fourth-order valence-electron chi connectivity index (χ4n) is 3.10. The maximum atomic E-state index is 12.3. The minimum atomic E-state index is -0.220. The molecule has 124 valence electrons. The number of hydrogen-bond acceptors (Lipinski definition) is 3. The number of fused-ring (bicyclic) bond motifs is 1. The second-order valence-corrected chi connectivity index (χ2v) is 5.97. The van der Waals surface area contributed by atoms with Crippen molar-refractivity contribution in [1.82, 2.24) is 20.4 Å². The zero-order valence-electron chi connectivity index (χ0n) is 13.4. The van der Waals surface area contributed by atoms with E-state index in [1.165, 1.54) is 4.68 Å². The molecule has 2 N–H and O–H groups in total. The molecular weight excluding hydrogens is 304 g/mol. The van der Waals surface area contributed by atoms with Crippen molar-refractivity contribution in [2.45, 2.75) is 44.8 Å². The quantitative estimate of drug-likeness (QED) is 0.842. The van der Waals surface area contributed by atoms with Crippen LogP contribution in [-0.4, -0.2) is 21.9 Å². The number of amides is 2. The highest BCUT2D eigenvalue weighted by molar-refractivity contribution is 5.84. The molecule has 1 aliphatic carbocycles. The van der Waals surface area contributed by atoms with Crippen LogP contribution in [0.3, 0.4) is 0 Å². The van der Waals surface area contributed by atoms with Crippen LogP contribution in [0, 0.1) is 12.3 Å². The molecule has 0 aliphatic heterocycles. The Hall–Kier alpha value is -2.81. The SMILES string of the molecule is C#CCn1nc(CNC(=O)NC2CCCC2)c2ccccc2c1=O. The Morgan fingerprint density at radius 1 is 1.29 bits per heavy atom. The molecule has 0 radical (unpaired) electrons. The monoisotopic (exact) mass is 324 g/mol. The average molecular weight is 324 g/mol. The van der Waals surface area contributed by atoms with E-state index < -0.39 is 0 Å². The maximum Gasteiger partial charge on any atom is 0.315 e. The zero-order valence-corrected chi connectivity index (χ0v) is 13.4. The van der Waals surface area contributed by atoms with Crippen LogP contribution in [0.1, 0.15) is 31.4 Å². The van der Waals surface area contributed by atoms with Gasteiger partial charge in [0.2, 0.25) is 0 Å². The number of nitrogens with zero attached hydrogens (tertiary/aromatic N) is 2. The summed E-state index contributed by atoms with van der Waals surface area (Å²) in [5, 5.41) is 11.4. The van der Waals surface area contributed by atoms with Crippen molar-refractivity contribution < 1.29 is 4.79 Å². The Kier molecular flexibility index (Phi) is 4.80. The summed E-state index contributed by atoms with van der Waals surface area (Å²) in [5.41, 5.74) is 0.407. The van der Waals surface area contributed by atoms with E-state index in [9.17, 15) is 9.59 Å². The Balaban J connectivity index is 1.80. The Morgan fingerprint density at radius 2 is 2.00 bits per heavy atom. The number of terminal acetylenes is 1. The summed E-state index contributed by atoms with van der Waals surface area (Å²) >= 11 is 0. The lowest BCUT2D eigenvalue weighted by Gasteiger charge is -2.14. The van der Waals surface area contributed by atoms with E-state index in [0.717, 1.165) is 31.1 Å². The normalized spacial score (nSPS) is 14.5. The van der Waals surface area contributed by atoms with Crippen molar-refractivity contribution in [3.8, 4) is 12.3 Å². The number of hydrogen-bond donors (Lipinski definition) is 2. The first-order valence-corrected chi connectivity index (χ1v) is 8.15. The van der Waals surface area contributed by atoms with Crippen LogP contribution in [0.4, 0.5) is 4.79 Å². The van der Waals surface area contributed by atoms with Gasteiger partial charge in [-0.3, -0.25) is 4.79 Å². The van der Waals surface area contributed by atoms with E-state index in [2.05, 4.69) is 21.7 Å². The summed E-state index contributed by atoms with van der Waals surface area (Å²) in [6.45, 7) is 0.342. The molecule has 0 saturated heterocycles. The number of carbonyl (C=O) groups is 1. The molecule has 2 aromatic rings. The average Bonchev–Trinajstić information content (AvgIpc) is 3.09. The van der Waals surface area contributed by atoms with Gasteiger partial charge in [-0.25, -0.2) is 9.48 Å². The lowest BCUT2D eigenvalue weighted by Crippen LogP contribution is -2.41. The number of aromatic nitrogens is 2. The van der Waals surface area contributed by atoms with Gasteiger partial charge >= 0.3 is 6.03 Å². The molecule has 1 heterocycles. The van der Waals surface area contributed by atoms with E-state index in [1.807, 2.05) is 12.1 Å². The standard InChI is InChI=1S/C18H20N4O2/c1-2-11-22-17(23)15-10-6-5-9-14(15)16(21-22)12-19-18(24)20-13-7-3-4-8-13/h1,5-6,9-10,13H,3-4,7-8,11-12H2,(H2,19,20,24). The first kappa shape index (κ1) is 16.1. The molecule has 2 amide bonds. The van der Waals surface area contributed by atoms with Gasteiger partial charge in [-0.1, -0.05) is 37.0 Å². The first-order chi connectivity index (χ1) is 11.7. The van der Waals surface area contributed by atoms with Crippen molar-refractivity contribution in [3.63, 3.8) is 0 Å². The van der Waals surface area contributed by atoms with Gasteiger partial charge in [0.25, 0.3) is 5.56 Å². The molecule has 1 aromatic heterocycles. The lowest BCUT2D eigenvalue weighted by atomic mass is 10.1. The second kappa shape index (κ2) is 7.18. The van der Waals surface area contributed by atoms with Gasteiger partial charge < -0.3 is 10.6 Å². The molecule has 0 unspecified atom stereocenters. The Labute approximate surface area is 140 Å². The van der Waals surface area contributed by atoms with E-state index in [4.69, 9.17) is 6.42 Å². The highest BCUT2D eigenvalue weighted by atomic mass is 16.2. The van der Waals surface area contributed by atoms with Crippen molar-refractivity contribution in [2.75, 3.05) is 0 Å². The van der Waals surface area contributed by atoms with Gasteiger partial charge in [0, 0.05) is 11.4 Å². The second-order valence-electron chi connectivity index (χ2n) is 5.97. The smallest absolute Gasteiger partial charge is 0.315 e. The topological polar surface area (TPSA) is 76.0 Å². The summed E-state index contributed by atoms with van der Waals surface area (Å²) in [4.78, 5) is 24.4. The first-order valence-electron chi connectivity index (χ1n) is 8.15. The number of carbonyl (C=O) groups excluding carboxylic acids is 1. The third-order valence-corrected chi connectivity index (χ3v) is 4.29. The molecule has 24 heavy (non-hydrogen) atoms. The third-order valence-electron chi connectivity index (χ3n) is 4.29. The fourth-order valence-corrected chi connectivity index (χ4v) is 3.10. The predicted molar refractivity (Wildman–Crippen MR) is 92.5 cm³/mol. The van der Waals surface area contributed by atoms with Crippen molar-refractivity contribution in [2.24, 2.45) is 0 Å². The van der Waals surface area contributed by atoms with E-state index in [1.54, 1.807) is 12.1 Å². The van der Waals surface area contributed by atoms with Gasteiger partial charge in [0.1, 0.15) is 6.54 Å². The predicted octanol–water partition coefficient (Wildman–Crippen LogP) is 1.77. The van der Waals surface area contributed by atoms with Gasteiger partial charge in [-0.05, 0) is 18.9 Å². The van der Waals surface area contributed by atoms with Crippen molar-refractivity contribution >= 4 is 16.8 Å². The molecular formula is C18H20N4O2. The maximum absolute atomic E-state index is 12.3. The largest absolute Gasteiger partial charge is 0.335 e.